The minimum absolute atomic E-state index is 0.188. The fourth-order valence-electron chi connectivity index (χ4n) is 4.57. The van der Waals surface area contributed by atoms with Crippen LogP contribution < -0.4 is 5.73 Å². The van der Waals surface area contributed by atoms with E-state index >= 15 is 0 Å². The van der Waals surface area contributed by atoms with Crippen LogP contribution in [0.2, 0.25) is 0 Å². The van der Waals surface area contributed by atoms with Crippen LogP contribution in [0, 0.1) is 12.8 Å². The Labute approximate surface area is 129 Å². The number of aryl methyl sites for hydroxylation is 1. The highest BCUT2D eigenvalue weighted by molar-refractivity contribution is 5.25. The average molecular weight is 286 g/mol. The fraction of sp³-hybridized carbons (Fsp3) is 0.684. The summed E-state index contributed by atoms with van der Waals surface area (Å²) in [5.74, 6) is 0.916. The molecule has 1 aromatic carbocycles. The van der Waals surface area contributed by atoms with E-state index in [1.54, 1.807) is 0 Å². The van der Waals surface area contributed by atoms with Crippen LogP contribution in [0.5, 0.6) is 0 Å². The van der Waals surface area contributed by atoms with E-state index in [2.05, 4.69) is 43.0 Å². The first-order chi connectivity index (χ1) is 10.2. The molecule has 1 saturated carbocycles. The quantitative estimate of drug-likeness (QED) is 0.908. The average Bonchev–Trinajstić information content (AvgIpc) is 2.49. The molecule has 2 N–H and O–H groups in total. The Kier molecular flexibility index (Phi) is 4.66. The van der Waals surface area contributed by atoms with Gasteiger partial charge in [0.25, 0.3) is 0 Å². The molecule has 0 radical (unpaired) electrons. The number of piperidine rings is 1. The molecule has 1 aliphatic carbocycles. The number of nitrogens with two attached hydrogens (primary N) is 1. The lowest BCUT2D eigenvalue weighted by atomic mass is 9.77. The summed E-state index contributed by atoms with van der Waals surface area (Å²) in [4.78, 5) is 2.75. The molecule has 1 aromatic rings. The smallest absolute Gasteiger partial charge is 0.0499 e. The van der Waals surface area contributed by atoms with E-state index in [9.17, 15) is 0 Å². The molecule has 2 heteroatoms. The van der Waals surface area contributed by atoms with Crippen LogP contribution in [0.25, 0.3) is 0 Å². The fourth-order valence-corrected chi connectivity index (χ4v) is 4.57. The first-order valence-electron chi connectivity index (χ1n) is 8.74. The van der Waals surface area contributed by atoms with Crippen molar-refractivity contribution in [3.63, 3.8) is 0 Å². The minimum atomic E-state index is 0.188. The molecule has 2 fully saturated rings. The predicted octanol–water partition coefficient (Wildman–Crippen LogP) is 4.04. The van der Waals surface area contributed by atoms with Crippen molar-refractivity contribution in [1.82, 2.24) is 4.90 Å². The van der Waals surface area contributed by atoms with E-state index in [0.29, 0.717) is 6.04 Å². The van der Waals surface area contributed by atoms with E-state index in [0.717, 1.165) is 12.0 Å². The molecule has 2 aliphatic rings. The van der Waals surface area contributed by atoms with Crippen LogP contribution in [0.1, 0.15) is 62.6 Å². The highest BCUT2D eigenvalue weighted by Gasteiger charge is 2.38. The van der Waals surface area contributed by atoms with Gasteiger partial charge in [-0.05, 0) is 57.6 Å². The van der Waals surface area contributed by atoms with Gasteiger partial charge in [-0.3, -0.25) is 4.90 Å². The maximum atomic E-state index is 6.42. The highest BCUT2D eigenvalue weighted by Crippen LogP contribution is 2.40. The lowest BCUT2D eigenvalue weighted by molar-refractivity contribution is 0.0178. The number of benzene rings is 1. The monoisotopic (exact) mass is 286 g/mol. The third-order valence-corrected chi connectivity index (χ3v) is 5.56. The van der Waals surface area contributed by atoms with Crippen LogP contribution in [-0.2, 0) is 0 Å². The second kappa shape index (κ2) is 6.50. The predicted molar refractivity (Wildman–Crippen MR) is 89.3 cm³/mol. The van der Waals surface area contributed by atoms with Crippen molar-refractivity contribution >= 4 is 0 Å². The molecule has 116 valence electrons. The number of nitrogens with zero attached hydrogens (tertiary/aromatic N) is 1. The summed E-state index contributed by atoms with van der Waals surface area (Å²) < 4.78 is 0. The van der Waals surface area contributed by atoms with Gasteiger partial charge in [-0.15, -0.1) is 0 Å². The molecule has 0 bridgehead atoms. The van der Waals surface area contributed by atoms with Crippen molar-refractivity contribution in [3.8, 4) is 0 Å². The van der Waals surface area contributed by atoms with E-state index in [1.807, 2.05) is 0 Å². The zero-order valence-corrected chi connectivity index (χ0v) is 13.6. The molecule has 4 unspecified atom stereocenters. The molecule has 3 rings (SSSR count). The molecule has 1 aliphatic heterocycles. The van der Waals surface area contributed by atoms with Gasteiger partial charge in [0.2, 0.25) is 0 Å². The van der Waals surface area contributed by atoms with Crippen LogP contribution in [0.4, 0.5) is 0 Å². The molecular weight excluding hydrogens is 256 g/mol. The van der Waals surface area contributed by atoms with Crippen molar-refractivity contribution in [3.05, 3.63) is 35.4 Å². The highest BCUT2D eigenvalue weighted by atomic mass is 15.2. The minimum Gasteiger partial charge on any atom is -0.326 e. The van der Waals surface area contributed by atoms with Crippen molar-refractivity contribution < 1.29 is 0 Å². The van der Waals surface area contributed by atoms with Gasteiger partial charge in [0, 0.05) is 18.1 Å². The van der Waals surface area contributed by atoms with Crippen LogP contribution in [0.15, 0.2) is 24.3 Å². The van der Waals surface area contributed by atoms with Crippen molar-refractivity contribution in [1.29, 1.82) is 0 Å². The summed E-state index contributed by atoms with van der Waals surface area (Å²) in [6.45, 7) is 5.56. The van der Waals surface area contributed by atoms with Crippen molar-refractivity contribution in [2.75, 3.05) is 6.54 Å². The Hall–Kier alpha value is -0.860. The molecule has 1 saturated heterocycles. The molecule has 0 aromatic heterocycles. The first kappa shape index (κ1) is 15.1. The van der Waals surface area contributed by atoms with Gasteiger partial charge >= 0.3 is 0 Å². The van der Waals surface area contributed by atoms with E-state index in [1.165, 1.54) is 56.2 Å². The lowest BCUT2D eigenvalue weighted by Gasteiger charge is -2.49. The molecule has 2 nitrogen and oxygen atoms in total. The largest absolute Gasteiger partial charge is 0.326 e. The van der Waals surface area contributed by atoms with Gasteiger partial charge < -0.3 is 5.73 Å². The molecule has 0 amide bonds. The van der Waals surface area contributed by atoms with Crippen LogP contribution in [0.3, 0.4) is 0 Å². The third-order valence-electron chi connectivity index (χ3n) is 5.56. The van der Waals surface area contributed by atoms with Crippen LogP contribution >= 0.6 is 0 Å². The van der Waals surface area contributed by atoms with Crippen molar-refractivity contribution in [2.45, 2.75) is 70.5 Å². The number of hydrogen-bond donors (Lipinski definition) is 1. The van der Waals surface area contributed by atoms with Gasteiger partial charge in [-0.1, -0.05) is 42.7 Å². The van der Waals surface area contributed by atoms with Crippen LogP contribution in [-0.4, -0.2) is 23.5 Å². The Morgan fingerprint density at radius 1 is 1.05 bits per heavy atom. The summed E-state index contributed by atoms with van der Waals surface area (Å²) in [6, 6.07) is 10.4. The second-order valence-corrected chi connectivity index (χ2v) is 7.21. The topological polar surface area (TPSA) is 29.3 Å². The zero-order valence-electron chi connectivity index (χ0n) is 13.6. The third kappa shape index (κ3) is 3.17. The summed E-state index contributed by atoms with van der Waals surface area (Å²) in [6.07, 6.45) is 8.41. The molecule has 0 spiro atoms. The van der Waals surface area contributed by atoms with Gasteiger partial charge in [0.1, 0.15) is 0 Å². The Bertz CT molecular complexity index is 449. The van der Waals surface area contributed by atoms with Gasteiger partial charge in [-0.25, -0.2) is 0 Å². The van der Waals surface area contributed by atoms with Crippen molar-refractivity contribution in [2.24, 2.45) is 11.7 Å². The Morgan fingerprint density at radius 3 is 2.43 bits per heavy atom. The summed E-state index contributed by atoms with van der Waals surface area (Å²) in [5, 5.41) is 0. The molecular formula is C19H30N2. The normalized spacial score (nSPS) is 29.7. The van der Waals surface area contributed by atoms with E-state index in [4.69, 9.17) is 5.73 Å². The van der Waals surface area contributed by atoms with Gasteiger partial charge in [-0.2, -0.15) is 0 Å². The zero-order chi connectivity index (χ0) is 14.8. The summed E-state index contributed by atoms with van der Waals surface area (Å²) in [5.41, 5.74) is 9.15. The molecule has 21 heavy (non-hydrogen) atoms. The van der Waals surface area contributed by atoms with Gasteiger partial charge in [0.05, 0.1) is 0 Å². The number of likely N-dealkylation sites (tertiary alicyclic amines) is 1. The lowest BCUT2D eigenvalue weighted by Crippen LogP contribution is -2.52. The summed E-state index contributed by atoms with van der Waals surface area (Å²) in [7, 11) is 0. The maximum absolute atomic E-state index is 6.42. The number of rotatable bonds is 3. The number of hydrogen-bond acceptors (Lipinski definition) is 2. The molecule has 1 heterocycles. The standard InChI is InChI=1S/C19H30N2/c1-14-9-11-17(12-10-14)19(15(2)20)21-13-5-7-16-6-3-4-8-18(16)21/h9-12,15-16,18-19H,3-8,13,20H2,1-2H3. The van der Waals surface area contributed by atoms with Gasteiger partial charge in [0.15, 0.2) is 0 Å². The molecule has 4 atom stereocenters. The second-order valence-electron chi connectivity index (χ2n) is 7.21. The SMILES string of the molecule is Cc1ccc(C(C(C)N)N2CCCC3CCCCC32)cc1. The Morgan fingerprint density at radius 2 is 1.71 bits per heavy atom. The first-order valence-corrected chi connectivity index (χ1v) is 8.74. The summed E-state index contributed by atoms with van der Waals surface area (Å²) >= 11 is 0. The van der Waals surface area contributed by atoms with E-state index < -0.39 is 0 Å². The van der Waals surface area contributed by atoms with E-state index in [-0.39, 0.29) is 6.04 Å². The number of fused-ring (bicyclic) bond motifs is 1. The Balaban J connectivity index is 1.87. The maximum Gasteiger partial charge on any atom is 0.0499 e.